The van der Waals surface area contributed by atoms with Crippen LogP contribution in [0.2, 0.25) is 0 Å². The molecule has 206 valence electrons. The van der Waals surface area contributed by atoms with Gasteiger partial charge >= 0.3 is 5.91 Å². The summed E-state index contributed by atoms with van der Waals surface area (Å²) in [4.78, 5) is 32.8. The van der Waals surface area contributed by atoms with E-state index in [2.05, 4.69) is 4.98 Å². The number of benzene rings is 3. The minimum absolute atomic E-state index is 0.158. The van der Waals surface area contributed by atoms with E-state index in [1.807, 2.05) is 6.92 Å². The molecule has 1 saturated heterocycles. The molecule has 1 fully saturated rings. The van der Waals surface area contributed by atoms with Crippen molar-refractivity contribution in [1.82, 2.24) is 4.98 Å². The molecule has 1 unspecified atom stereocenters. The molecule has 0 bridgehead atoms. The van der Waals surface area contributed by atoms with Gasteiger partial charge in [0.05, 0.1) is 49.8 Å². The number of halogens is 1. The third-order valence-corrected chi connectivity index (χ3v) is 7.45. The highest BCUT2D eigenvalue weighted by Crippen LogP contribution is 2.48. The van der Waals surface area contributed by atoms with Crippen molar-refractivity contribution in [3.63, 3.8) is 0 Å². The van der Waals surface area contributed by atoms with Gasteiger partial charge in [-0.2, -0.15) is 0 Å². The molecule has 0 saturated carbocycles. The monoisotopic (exact) mass is 564 g/mol. The van der Waals surface area contributed by atoms with Crippen LogP contribution in [0.1, 0.15) is 24.1 Å². The Morgan fingerprint density at radius 1 is 1.00 bits per heavy atom. The molecule has 11 heteroatoms. The number of hydrogen-bond donors (Lipinski definition) is 1. The van der Waals surface area contributed by atoms with E-state index in [-0.39, 0.29) is 28.0 Å². The number of aliphatic hydroxyl groups excluding tert-OH is 1. The molecule has 5 rings (SSSR count). The second-order valence-corrected chi connectivity index (χ2v) is 9.70. The second kappa shape index (κ2) is 10.9. The number of amides is 1. The first-order valence-corrected chi connectivity index (χ1v) is 13.0. The van der Waals surface area contributed by atoms with Crippen molar-refractivity contribution in [2.75, 3.05) is 32.8 Å². The summed E-state index contributed by atoms with van der Waals surface area (Å²) in [6, 6.07) is 12.7. The van der Waals surface area contributed by atoms with Crippen molar-refractivity contribution in [2.45, 2.75) is 13.0 Å². The number of rotatable bonds is 8. The third kappa shape index (κ3) is 4.58. The Hall–Kier alpha value is -4.64. The number of thiazole rings is 1. The quantitative estimate of drug-likeness (QED) is 0.170. The van der Waals surface area contributed by atoms with Gasteiger partial charge in [-0.25, -0.2) is 9.37 Å². The van der Waals surface area contributed by atoms with Gasteiger partial charge in [0.1, 0.15) is 17.3 Å². The standard InChI is InChI=1S/C29H25FN2O7S/c1-5-39-18-9-6-15(7-10-18)25(33)23-24(16-12-20(36-2)27(38-4)21(13-16)37-3)32(28(35)26(23)34)29-31-19-11-8-17(30)14-22(19)40-29/h6-14,24,33H,5H2,1-4H3/b25-23+. The first-order chi connectivity index (χ1) is 19.3. The average molecular weight is 565 g/mol. The molecule has 1 N–H and O–H groups in total. The molecule has 1 aliphatic heterocycles. The van der Waals surface area contributed by atoms with Crippen LogP contribution in [-0.4, -0.2) is 49.7 Å². The maximum atomic E-state index is 13.9. The normalized spacial score (nSPS) is 16.4. The molecule has 1 amide bonds. The highest BCUT2D eigenvalue weighted by Gasteiger charge is 2.48. The first-order valence-electron chi connectivity index (χ1n) is 12.2. The predicted molar refractivity (Wildman–Crippen MR) is 148 cm³/mol. The summed E-state index contributed by atoms with van der Waals surface area (Å²) in [6.07, 6.45) is 0. The fraction of sp³-hybridized carbons (Fsp3) is 0.207. The van der Waals surface area contributed by atoms with E-state index in [0.717, 1.165) is 11.3 Å². The number of hydrogen-bond acceptors (Lipinski definition) is 9. The summed E-state index contributed by atoms with van der Waals surface area (Å²) in [5, 5.41) is 11.6. The SMILES string of the molecule is CCOc1ccc(/C(O)=C2\C(=O)C(=O)N(c3nc4ccc(F)cc4s3)C2c2cc(OC)c(OC)c(OC)c2)cc1. The van der Waals surface area contributed by atoms with E-state index in [0.29, 0.717) is 39.4 Å². The number of fused-ring (bicyclic) bond motifs is 1. The summed E-state index contributed by atoms with van der Waals surface area (Å²) in [5.74, 6) is -1.17. The number of nitrogens with zero attached hydrogens (tertiary/aromatic N) is 2. The van der Waals surface area contributed by atoms with Gasteiger partial charge in [-0.15, -0.1) is 0 Å². The number of carbonyl (C=O) groups excluding carboxylic acids is 2. The van der Waals surface area contributed by atoms with Crippen LogP contribution in [0.3, 0.4) is 0 Å². The Kier molecular flexibility index (Phi) is 7.31. The van der Waals surface area contributed by atoms with Gasteiger partial charge in [0.2, 0.25) is 5.75 Å². The average Bonchev–Trinajstić information content (AvgIpc) is 3.49. The molecule has 3 aromatic carbocycles. The zero-order valence-corrected chi connectivity index (χ0v) is 22.9. The van der Waals surface area contributed by atoms with Crippen molar-refractivity contribution < 1.29 is 38.0 Å². The Bertz CT molecular complexity index is 1620. The summed E-state index contributed by atoms with van der Waals surface area (Å²) in [6.45, 7) is 2.31. The lowest BCUT2D eigenvalue weighted by atomic mass is 9.94. The van der Waals surface area contributed by atoms with Crippen LogP contribution in [-0.2, 0) is 9.59 Å². The number of methoxy groups -OCH3 is 3. The third-order valence-electron chi connectivity index (χ3n) is 6.43. The van der Waals surface area contributed by atoms with Gasteiger partial charge in [-0.1, -0.05) is 11.3 Å². The molecule has 1 aliphatic rings. The summed E-state index contributed by atoms with van der Waals surface area (Å²) in [7, 11) is 4.35. The fourth-order valence-electron chi connectivity index (χ4n) is 4.62. The zero-order chi connectivity index (χ0) is 28.6. The Morgan fingerprint density at radius 3 is 2.27 bits per heavy atom. The topological polar surface area (TPSA) is 107 Å². The van der Waals surface area contributed by atoms with Gasteiger partial charge < -0.3 is 24.1 Å². The minimum Gasteiger partial charge on any atom is -0.507 e. The molecule has 1 atom stereocenters. The predicted octanol–water partition coefficient (Wildman–Crippen LogP) is 5.49. The van der Waals surface area contributed by atoms with Crippen molar-refractivity contribution in [1.29, 1.82) is 0 Å². The Labute approximate surface area is 233 Å². The van der Waals surface area contributed by atoms with Crippen molar-refractivity contribution >= 4 is 44.1 Å². The number of Topliss-reactive ketones (excluding diaryl/α,β-unsaturated/α-hetero) is 1. The lowest BCUT2D eigenvalue weighted by Gasteiger charge is -2.24. The lowest BCUT2D eigenvalue weighted by Crippen LogP contribution is -2.29. The molecule has 0 radical (unpaired) electrons. The fourth-order valence-corrected chi connectivity index (χ4v) is 5.64. The van der Waals surface area contributed by atoms with Crippen molar-refractivity contribution in [3.8, 4) is 23.0 Å². The molecule has 40 heavy (non-hydrogen) atoms. The van der Waals surface area contributed by atoms with E-state index in [1.54, 1.807) is 36.4 Å². The number of aliphatic hydroxyl groups is 1. The number of carbonyl (C=O) groups is 2. The molecule has 0 aliphatic carbocycles. The van der Waals surface area contributed by atoms with Gasteiger partial charge in [0, 0.05) is 5.56 Å². The molecule has 9 nitrogen and oxygen atoms in total. The van der Waals surface area contributed by atoms with Crippen LogP contribution >= 0.6 is 11.3 Å². The molecule has 1 aromatic heterocycles. The van der Waals surface area contributed by atoms with Gasteiger partial charge in [0.25, 0.3) is 5.78 Å². The smallest absolute Gasteiger partial charge is 0.301 e. The van der Waals surface area contributed by atoms with Gasteiger partial charge in [-0.3, -0.25) is 14.5 Å². The molecular formula is C29H25FN2O7S. The number of anilines is 1. The van der Waals surface area contributed by atoms with Crippen molar-refractivity contribution in [3.05, 3.63) is 77.1 Å². The number of aromatic nitrogens is 1. The Balaban J connectivity index is 1.75. The van der Waals surface area contributed by atoms with Gasteiger partial charge in [0.15, 0.2) is 16.6 Å². The second-order valence-electron chi connectivity index (χ2n) is 8.69. The number of ether oxygens (including phenoxy) is 4. The van der Waals surface area contributed by atoms with Crippen LogP contribution in [0.15, 0.2) is 60.2 Å². The molecule has 2 heterocycles. The van der Waals surface area contributed by atoms with Crippen LogP contribution in [0.25, 0.3) is 16.0 Å². The van der Waals surface area contributed by atoms with Crippen LogP contribution in [0.5, 0.6) is 23.0 Å². The van der Waals surface area contributed by atoms with E-state index < -0.39 is 23.5 Å². The maximum absolute atomic E-state index is 13.9. The molecule has 4 aromatic rings. The van der Waals surface area contributed by atoms with E-state index >= 15 is 0 Å². The minimum atomic E-state index is -1.12. The highest BCUT2D eigenvalue weighted by atomic mass is 32.1. The van der Waals surface area contributed by atoms with Crippen LogP contribution in [0.4, 0.5) is 9.52 Å². The summed E-state index contributed by atoms with van der Waals surface area (Å²) < 4.78 is 36.4. The Morgan fingerprint density at radius 2 is 1.68 bits per heavy atom. The largest absolute Gasteiger partial charge is 0.507 e. The molecule has 0 spiro atoms. The highest BCUT2D eigenvalue weighted by molar-refractivity contribution is 7.22. The van der Waals surface area contributed by atoms with E-state index in [1.165, 1.54) is 44.4 Å². The lowest BCUT2D eigenvalue weighted by molar-refractivity contribution is -0.132. The number of ketones is 1. The van der Waals surface area contributed by atoms with E-state index in [4.69, 9.17) is 18.9 Å². The van der Waals surface area contributed by atoms with Crippen LogP contribution < -0.4 is 23.8 Å². The zero-order valence-electron chi connectivity index (χ0n) is 22.1. The summed E-state index contributed by atoms with van der Waals surface area (Å²) in [5.41, 5.74) is 1.00. The van der Waals surface area contributed by atoms with Crippen LogP contribution in [0, 0.1) is 5.82 Å². The van der Waals surface area contributed by atoms with Crippen molar-refractivity contribution in [2.24, 2.45) is 0 Å². The summed E-state index contributed by atoms with van der Waals surface area (Å²) >= 11 is 1.05. The maximum Gasteiger partial charge on any atom is 0.301 e. The van der Waals surface area contributed by atoms with E-state index in [9.17, 15) is 19.1 Å². The molecular weight excluding hydrogens is 539 g/mol. The first kappa shape index (κ1) is 26.9. The van der Waals surface area contributed by atoms with Gasteiger partial charge in [-0.05, 0) is 67.1 Å².